The lowest BCUT2D eigenvalue weighted by atomic mass is 9.68. The van der Waals surface area contributed by atoms with E-state index in [1.807, 2.05) is 6.92 Å². The molecule has 1 nitrogen and oxygen atoms in total. The van der Waals surface area contributed by atoms with Crippen LogP contribution in [-0.2, 0) is 0 Å². The second kappa shape index (κ2) is 10.4. The summed E-state index contributed by atoms with van der Waals surface area (Å²) in [4.78, 5) is 0. The molecular weight excluding hydrogens is 354 g/mol. The van der Waals surface area contributed by atoms with Gasteiger partial charge in [0.2, 0.25) is 5.82 Å². The summed E-state index contributed by atoms with van der Waals surface area (Å²) < 4.78 is 34.2. The van der Waals surface area contributed by atoms with Crippen molar-refractivity contribution in [2.75, 3.05) is 0 Å². The Morgan fingerprint density at radius 3 is 2.14 bits per heavy atom. The Bertz CT molecular complexity index is 638. The molecule has 0 aliphatic heterocycles. The molecule has 1 aromatic rings. The molecule has 2 aliphatic carbocycles. The molecule has 0 N–H and O–H groups in total. The van der Waals surface area contributed by atoms with Gasteiger partial charge in [-0.25, -0.2) is 4.39 Å². The monoisotopic (exact) mass is 390 g/mol. The van der Waals surface area contributed by atoms with Gasteiger partial charge in [-0.3, -0.25) is 0 Å². The van der Waals surface area contributed by atoms with Gasteiger partial charge >= 0.3 is 0 Å². The first-order valence-electron chi connectivity index (χ1n) is 11.4. The average molecular weight is 391 g/mol. The third-order valence-electron chi connectivity index (χ3n) is 7.07. The van der Waals surface area contributed by atoms with Crippen LogP contribution in [0.25, 0.3) is 0 Å². The number of hydrogen-bond donors (Lipinski definition) is 0. The summed E-state index contributed by atoms with van der Waals surface area (Å²) in [5, 5.41) is 0. The first kappa shape index (κ1) is 21.3. The van der Waals surface area contributed by atoms with Crippen molar-refractivity contribution in [3.05, 3.63) is 41.7 Å². The maximum atomic E-state index is 14.6. The molecule has 3 heteroatoms. The third-order valence-corrected chi connectivity index (χ3v) is 7.07. The Kier molecular flexibility index (Phi) is 7.93. The smallest absolute Gasteiger partial charge is 0.201 e. The number of halogens is 2. The molecule has 0 saturated heterocycles. The molecule has 2 fully saturated rings. The maximum Gasteiger partial charge on any atom is 0.201 e. The molecule has 0 unspecified atom stereocenters. The van der Waals surface area contributed by atoms with Crippen molar-refractivity contribution in [2.24, 2.45) is 17.8 Å². The number of benzene rings is 1. The number of hydrogen-bond acceptors (Lipinski definition) is 1. The van der Waals surface area contributed by atoms with E-state index in [-0.39, 0.29) is 11.7 Å². The Morgan fingerprint density at radius 1 is 0.893 bits per heavy atom. The molecule has 2 aliphatic rings. The Balaban J connectivity index is 1.55. The van der Waals surface area contributed by atoms with Gasteiger partial charge < -0.3 is 4.74 Å². The summed E-state index contributed by atoms with van der Waals surface area (Å²) in [5.41, 5.74) is 0.537. The predicted octanol–water partition coefficient (Wildman–Crippen LogP) is 8.15. The summed E-state index contributed by atoms with van der Waals surface area (Å²) in [6, 6.07) is 3.31. The molecule has 0 bridgehead atoms. The minimum Gasteiger partial charge on any atom is -0.462 e. The lowest BCUT2D eigenvalue weighted by Gasteiger charge is -2.38. The highest BCUT2D eigenvalue weighted by Gasteiger charge is 2.32. The van der Waals surface area contributed by atoms with Crippen molar-refractivity contribution < 1.29 is 13.5 Å². The van der Waals surface area contributed by atoms with Crippen LogP contribution in [0.2, 0.25) is 0 Å². The van der Waals surface area contributed by atoms with Crippen LogP contribution in [0, 0.1) is 29.4 Å². The van der Waals surface area contributed by atoms with E-state index in [0.717, 1.165) is 49.9 Å². The molecule has 0 atom stereocenters. The van der Waals surface area contributed by atoms with E-state index in [2.05, 4.69) is 6.92 Å². The van der Waals surface area contributed by atoms with Crippen LogP contribution >= 0.6 is 0 Å². The van der Waals surface area contributed by atoms with Gasteiger partial charge in [-0.2, -0.15) is 4.39 Å². The van der Waals surface area contributed by atoms with E-state index in [1.54, 1.807) is 18.2 Å². The fraction of sp³-hybridized carbons (Fsp3) is 0.680. The summed E-state index contributed by atoms with van der Waals surface area (Å²) >= 11 is 0. The zero-order valence-electron chi connectivity index (χ0n) is 17.6. The lowest BCUT2D eigenvalue weighted by molar-refractivity contribution is 0.156. The van der Waals surface area contributed by atoms with Gasteiger partial charge in [-0.1, -0.05) is 45.6 Å². The minimum atomic E-state index is -0.852. The summed E-state index contributed by atoms with van der Waals surface area (Å²) in [6.07, 6.45) is 16.5. The fourth-order valence-electron chi connectivity index (χ4n) is 5.43. The molecule has 0 amide bonds. The molecule has 0 spiro atoms. The normalized spacial score (nSPS) is 28.6. The average Bonchev–Trinajstić information content (AvgIpc) is 2.72. The molecule has 156 valence electrons. The molecule has 0 aromatic heterocycles. The lowest BCUT2D eigenvalue weighted by Crippen LogP contribution is -2.25. The van der Waals surface area contributed by atoms with Crippen molar-refractivity contribution in [1.29, 1.82) is 0 Å². The first-order valence-corrected chi connectivity index (χ1v) is 11.4. The van der Waals surface area contributed by atoms with Crippen LogP contribution in [0.15, 0.2) is 24.5 Å². The van der Waals surface area contributed by atoms with Crippen LogP contribution in [0.4, 0.5) is 8.78 Å². The number of ether oxygens (including phenoxy) is 1. The first-order chi connectivity index (χ1) is 13.6. The SMILES string of the molecule is CC/C=C/Oc1ccc(C2CCC(C3CCC(CCC)CC3)CC2)c(F)c1F. The van der Waals surface area contributed by atoms with Crippen LogP contribution in [-0.4, -0.2) is 0 Å². The van der Waals surface area contributed by atoms with E-state index >= 15 is 0 Å². The van der Waals surface area contributed by atoms with Crippen molar-refractivity contribution in [2.45, 2.75) is 90.4 Å². The van der Waals surface area contributed by atoms with Crippen molar-refractivity contribution in [3.63, 3.8) is 0 Å². The Morgan fingerprint density at radius 2 is 1.54 bits per heavy atom. The van der Waals surface area contributed by atoms with Gasteiger partial charge in [0.1, 0.15) is 0 Å². The number of allylic oxidation sites excluding steroid dienone is 1. The van der Waals surface area contributed by atoms with Gasteiger partial charge in [0.15, 0.2) is 11.6 Å². The second-order valence-electron chi connectivity index (χ2n) is 8.86. The molecule has 1 aromatic carbocycles. The highest BCUT2D eigenvalue weighted by Crippen LogP contribution is 2.45. The van der Waals surface area contributed by atoms with Gasteiger partial charge in [-0.15, -0.1) is 0 Å². The topological polar surface area (TPSA) is 9.23 Å². The maximum absolute atomic E-state index is 14.6. The van der Waals surface area contributed by atoms with E-state index in [4.69, 9.17) is 4.74 Å². The number of rotatable bonds is 7. The van der Waals surface area contributed by atoms with Crippen LogP contribution in [0.3, 0.4) is 0 Å². The zero-order valence-corrected chi connectivity index (χ0v) is 17.6. The van der Waals surface area contributed by atoms with Crippen LogP contribution in [0.1, 0.15) is 96.0 Å². The van der Waals surface area contributed by atoms with Gasteiger partial charge in [-0.05, 0) is 86.3 Å². The zero-order chi connectivity index (χ0) is 19.9. The van der Waals surface area contributed by atoms with Crippen molar-refractivity contribution >= 4 is 0 Å². The predicted molar refractivity (Wildman–Crippen MR) is 111 cm³/mol. The molecule has 2 saturated carbocycles. The van der Waals surface area contributed by atoms with E-state index in [9.17, 15) is 8.78 Å². The summed E-state index contributed by atoms with van der Waals surface area (Å²) in [6.45, 7) is 4.25. The summed E-state index contributed by atoms with van der Waals surface area (Å²) in [5.74, 6) is 1.14. The van der Waals surface area contributed by atoms with Crippen LogP contribution < -0.4 is 4.74 Å². The van der Waals surface area contributed by atoms with E-state index < -0.39 is 11.6 Å². The quantitative estimate of drug-likeness (QED) is 0.427. The van der Waals surface area contributed by atoms with Gasteiger partial charge in [0.25, 0.3) is 0 Å². The Hall–Kier alpha value is -1.38. The molecule has 0 heterocycles. The van der Waals surface area contributed by atoms with Gasteiger partial charge in [0, 0.05) is 0 Å². The van der Waals surface area contributed by atoms with E-state index in [1.165, 1.54) is 44.8 Å². The fourth-order valence-corrected chi connectivity index (χ4v) is 5.43. The molecule has 0 radical (unpaired) electrons. The standard InChI is InChI=1S/C25H36F2O/c1-3-5-17-28-23-16-15-22(24(26)25(23)27)21-13-11-20(12-14-21)19-9-7-18(6-4-2)8-10-19/h5,15-21H,3-4,6-14H2,1-2H3/b17-5+. The Labute approximate surface area is 169 Å². The molecular formula is C25H36F2O. The molecule has 3 rings (SSSR count). The van der Waals surface area contributed by atoms with Crippen molar-refractivity contribution in [3.8, 4) is 5.75 Å². The highest BCUT2D eigenvalue weighted by atomic mass is 19.2. The second-order valence-corrected chi connectivity index (χ2v) is 8.86. The largest absolute Gasteiger partial charge is 0.462 e. The highest BCUT2D eigenvalue weighted by molar-refractivity contribution is 5.33. The van der Waals surface area contributed by atoms with Crippen molar-refractivity contribution in [1.82, 2.24) is 0 Å². The third kappa shape index (κ3) is 5.15. The van der Waals surface area contributed by atoms with E-state index in [0.29, 0.717) is 5.56 Å². The summed E-state index contributed by atoms with van der Waals surface area (Å²) in [7, 11) is 0. The minimum absolute atomic E-state index is 0.0246. The van der Waals surface area contributed by atoms with Gasteiger partial charge in [0.05, 0.1) is 6.26 Å². The molecule has 28 heavy (non-hydrogen) atoms. The van der Waals surface area contributed by atoms with Crippen LogP contribution in [0.5, 0.6) is 5.75 Å².